The third-order valence-corrected chi connectivity index (χ3v) is 1.72. The second-order valence-electron chi connectivity index (χ2n) is 3.24. The first kappa shape index (κ1) is 18.6. The summed E-state index contributed by atoms with van der Waals surface area (Å²) in [5, 5.41) is 32.5. The predicted octanol–water partition coefficient (Wildman–Crippen LogP) is -1.96. The number of carbonyl (C=O) groups excluding carboxylic acids is 1. The maximum Gasteiger partial charge on any atom is 0.335 e. The first-order valence-electron chi connectivity index (χ1n) is 5.09. The van der Waals surface area contributed by atoms with Gasteiger partial charge in [0.15, 0.2) is 12.2 Å². The van der Waals surface area contributed by atoms with Gasteiger partial charge in [-0.3, -0.25) is 10.2 Å². The smallest absolute Gasteiger partial charge is 0.335 e. The highest BCUT2D eigenvalue weighted by Gasteiger charge is 2.29. The van der Waals surface area contributed by atoms with E-state index in [0.717, 1.165) is 12.8 Å². The molecule has 9 nitrogen and oxygen atoms in total. The topological polar surface area (TPSA) is 170 Å². The third kappa shape index (κ3) is 9.51. The summed E-state index contributed by atoms with van der Waals surface area (Å²) in [5.41, 5.74) is 2.06. The van der Waals surface area contributed by atoms with Crippen molar-refractivity contribution in [3.05, 3.63) is 0 Å². The number of carboxylic acid groups (broad SMARTS) is 2. The summed E-state index contributed by atoms with van der Waals surface area (Å²) in [6, 6.07) is 0. The van der Waals surface area contributed by atoms with Crippen LogP contribution < -0.4 is 11.3 Å². The van der Waals surface area contributed by atoms with Crippen molar-refractivity contribution in [3.63, 3.8) is 0 Å². The molecular weight excluding hydrogens is 248 g/mol. The molecule has 0 rings (SSSR count). The lowest BCUT2D eigenvalue weighted by molar-refractivity contribution is -0.165. The van der Waals surface area contributed by atoms with Crippen LogP contribution in [0.4, 0.5) is 0 Å². The van der Waals surface area contributed by atoms with E-state index in [1.54, 1.807) is 0 Å². The van der Waals surface area contributed by atoms with Gasteiger partial charge in [0.25, 0.3) is 0 Å². The first-order valence-corrected chi connectivity index (χ1v) is 5.09. The van der Waals surface area contributed by atoms with Crippen LogP contribution in [0.15, 0.2) is 0 Å². The molecule has 0 fully saturated rings. The van der Waals surface area contributed by atoms with Gasteiger partial charge in [-0.2, -0.15) is 0 Å². The number of carbonyl (C=O) groups is 3. The minimum atomic E-state index is -2.27. The normalized spacial score (nSPS) is 12.7. The van der Waals surface area contributed by atoms with Gasteiger partial charge >= 0.3 is 11.9 Å². The van der Waals surface area contributed by atoms with Gasteiger partial charge in [0.05, 0.1) is 0 Å². The lowest BCUT2D eigenvalue weighted by atomic mass is 10.2. The molecule has 0 aromatic carbocycles. The predicted molar refractivity (Wildman–Crippen MR) is 59.1 cm³/mol. The Morgan fingerprint density at radius 2 is 1.50 bits per heavy atom. The zero-order valence-corrected chi connectivity index (χ0v) is 9.87. The number of aliphatic carboxylic acids is 2. The molecule has 2 atom stereocenters. The van der Waals surface area contributed by atoms with Crippen molar-refractivity contribution in [2.45, 2.75) is 38.4 Å². The molecule has 0 unspecified atom stereocenters. The molecule has 0 aliphatic rings. The molecule has 7 N–H and O–H groups in total. The molecule has 0 radical (unpaired) electrons. The molecule has 0 saturated carbocycles. The molecule has 0 aliphatic heterocycles. The second-order valence-corrected chi connectivity index (χ2v) is 3.24. The van der Waals surface area contributed by atoms with Crippen LogP contribution in [0.25, 0.3) is 0 Å². The van der Waals surface area contributed by atoms with Crippen molar-refractivity contribution in [3.8, 4) is 0 Å². The Morgan fingerprint density at radius 1 is 1.11 bits per heavy atom. The van der Waals surface area contributed by atoms with E-state index in [-0.39, 0.29) is 5.91 Å². The number of unbranched alkanes of at least 4 members (excludes halogenated alkanes) is 1. The van der Waals surface area contributed by atoms with Gasteiger partial charge in [-0.1, -0.05) is 13.3 Å². The van der Waals surface area contributed by atoms with Crippen LogP contribution in [0.1, 0.15) is 26.2 Å². The monoisotopic (exact) mass is 266 g/mol. The van der Waals surface area contributed by atoms with Gasteiger partial charge in [-0.25, -0.2) is 15.4 Å². The maximum absolute atomic E-state index is 10.3. The van der Waals surface area contributed by atoms with E-state index in [1.165, 1.54) is 0 Å². The van der Waals surface area contributed by atoms with E-state index < -0.39 is 24.1 Å². The number of rotatable bonds is 6. The molecule has 0 spiro atoms. The van der Waals surface area contributed by atoms with Gasteiger partial charge < -0.3 is 20.4 Å². The van der Waals surface area contributed by atoms with E-state index in [1.807, 2.05) is 6.92 Å². The van der Waals surface area contributed by atoms with E-state index in [0.29, 0.717) is 6.42 Å². The standard InChI is InChI=1S/C5H12N2O.C4H6O6/c1-2-3-4-5(8)7-6;5-1(3(7)8)2(6)4(9)10/h2-4,6H2,1H3,(H,7,8);1-2,5-6H,(H,7,8)(H,9,10)/t;1-,2-/m.1/s1. The molecule has 0 aliphatic carbocycles. The van der Waals surface area contributed by atoms with E-state index >= 15 is 0 Å². The fourth-order valence-corrected chi connectivity index (χ4v) is 0.680. The van der Waals surface area contributed by atoms with Crippen molar-refractivity contribution in [2.24, 2.45) is 5.84 Å². The Labute approximate surface area is 103 Å². The van der Waals surface area contributed by atoms with Crippen LogP contribution in [0.5, 0.6) is 0 Å². The molecule has 0 aromatic rings. The van der Waals surface area contributed by atoms with Crippen LogP contribution in [0, 0.1) is 0 Å². The Morgan fingerprint density at radius 3 is 1.72 bits per heavy atom. The zero-order chi connectivity index (χ0) is 14.7. The highest BCUT2D eigenvalue weighted by atomic mass is 16.4. The number of hydrazine groups is 1. The Balaban J connectivity index is 0. The van der Waals surface area contributed by atoms with Crippen LogP contribution in [-0.2, 0) is 14.4 Å². The van der Waals surface area contributed by atoms with Crippen LogP contribution in [0.3, 0.4) is 0 Å². The van der Waals surface area contributed by atoms with E-state index in [9.17, 15) is 14.4 Å². The number of aliphatic hydroxyl groups is 2. The van der Waals surface area contributed by atoms with Crippen molar-refractivity contribution < 1.29 is 34.8 Å². The molecule has 0 heterocycles. The van der Waals surface area contributed by atoms with Gasteiger partial charge in [0, 0.05) is 6.42 Å². The maximum atomic E-state index is 10.3. The Bertz CT molecular complexity index is 264. The summed E-state index contributed by atoms with van der Waals surface area (Å²) in [5.74, 6) is 1.20. The number of nitrogens with one attached hydrogen (secondary N) is 1. The van der Waals surface area contributed by atoms with Gasteiger partial charge in [0.2, 0.25) is 5.91 Å². The van der Waals surface area contributed by atoms with Crippen molar-refractivity contribution >= 4 is 17.8 Å². The highest BCUT2D eigenvalue weighted by molar-refractivity contribution is 5.83. The molecule has 106 valence electrons. The average Bonchev–Trinajstić information content (AvgIpc) is 2.34. The molecule has 18 heavy (non-hydrogen) atoms. The summed E-state index contributed by atoms with van der Waals surface area (Å²) in [4.78, 5) is 29.9. The van der Waals surface area contributed by atoms with Crippen LogP contribution in [-0.4, -0.2) is 50.5 Å². The largest absolute Gasteiger partial charge is 0.479 e. The number of hydrogen-bond acceptors (Lipinski definition) is 6. The second kappa shape index (κ2) is 10.4. The lowest BCUT2D eigenvalue weighted by Crippen LogP contribution is -2.39. The van der Waals surface area contributed by atoms with Crippen LogP contribution in [0.2, 0.25) is 0 Å². The fraction of sp³-hybridized carbons (Fsp3) is 0.667. The number of amides is 1. The quantitative estimate of drug-likeness (QED) is 0.183. The lowest BCUT2D eigenvalue weighted by Gasteiger charge is -2.07. The van der Waals surface area contributed by atoms with Crippen molar-refractivity contribution in [2.75, 3.05) is 0 Å². The molecular formula is C9H18N2O7. The third-order valence-electron chi connectivity index (χ3n) is 1.72. The van der Waals surface area contributed by atoms with Gasteiger partial charge in [-0.05, 0) is 6.42 Å². The number of aliphatic hydroxyl groups excluding tert-OH is 2. The number of hydrogen-bond donors (Lipinski definition) is 6. The molecule has 0 bridgehead atoms. The minimum Gasteiger partial charge on any atom is -0.479 e. The average molecular weight is 266 g/mol. The summed E-state index contributed by atoms with van der Waals surface area (Å²) >= 11 is 0. The molecule has 1 amide bonds. The summed E-state index contributed by atoms with van der Waals surface area (Å²) in [6.07, 6.45) is -2.03. The van der Waals surface area contributed by atoms with Gasteiger partial charge in [-0.15, -0.1) is 0 Å². The highest BCUT2D eigenvalue weighted by Crippen LogP contribution is 1.92. The zero-order valence-electron chi connectivity index (χ0n) is 9.87. The van der Waals surface area contributed by atoms with Crippen LogP contribution >= 0.6 is 0 Å². The Hall–Kier alpha value is -1.71. The fourth-order valence-electron chi connectivity index (χ4n) is 0.680. The molecule has 0 aromatic heterocycles. The Kier molecular flexibility index (Phi) is 10.8. The van der Waals surface area contributed by atoms with E-state index in [4.69, 9.17) is 26.3 Å². The van der Waals surface area contributed by atoms with E-state index in [2.05, 4.69) is 5.43 Å². The SMILES string of the molecule is CCCCC(=O)NN.O=C(O)[C@H](O)[C@@H](O)C(=O)O. The van der Waals surface area contributed by atoms with Gasteiger partial charge in [0.1, 0.15) is 0 Å². The molecule has 9 heteroatoms. The number of carboxylic acids is 2. The minimum absolute atomic E-state index is 0.0770. The van der Waals surface area contributed by atoms with Crippen molar-refractivity contribution in [1.29, 1.82) is 0 Å². The summed E-state index contributed by atoms with van der Waals surface area (Å²) in [7, 11) is 0. The summed E-state index contributed by atoms with van der Waals surface area (Å²) in [6.45, 7) is 2.03. The summed E-state index contributed by atoms with van der Waals surface area (Å²) < 4.78 is 0. The first-order chi connectivity index (χ1) is 8.27. The molecule has 0 saturated heterocycles. The van der Waals surface area contributed by atoms with Crippen molar-refractivity contribution in [1.82, 2.24) is 5.43 Å². The number of nitrogens with two attached hydrogens (primary N) is 1.